The summed E-state index contributed by atoms with van der Waals surface area (Å²) >= 11 is 0. The summed E-state index contributed by atoms with van der Waals surface area (Å²) < 4.78 is 11.9. The summed E-state index contributed by atoms with van der Waals surface area (Å²) in [7, 11) is 0. The van der Waals surface area contributed by atoms with E-state index in [2.05, 4.69) is 20.2 Å². The van der Waals surface area contributed by atoms with Crippen molar-refractivity contribution in [2.45, 2.75) is 47.1 Å². The SMILES string of the molecule is Cc1cc2nc(C)c(CCC(=O)OCc3nc(C)no3)c(C)n2n1. The average molecular weight is 329 g/mol. The van der Waals surface area contributed by atoms with Crippen molar-refractivity contribution < 1.29 is 14.1 Å². The highest BCUT2D eigenvalue weighted by atomic mass is 16.6. The van der Waals surface area contributed by atoms with Gasteiger partial charge in [0.2, 0.25) is 0 Å². The summed E-state index contributed by atoms with van der Waals surface area (Å²) in [6.07, 6.45) is 0.795. The summed E-state index contributed by atoms with van der Waals surface area (Å²) in [6.45, 7) is 7.56. The summed E-state index contributed by atoms with van der Waals surface area (Å²) in [5.74, 6) is 0.492. The Labute approximate surface area is 138 Å². The zero-order chi connectivity index (χ0) is 17.3. The van der Waals surface area contributed by atoms with E-state index in [0.29, 0.717) is 18.1 Å². The predicted octanol–water partition coefficient (Wildman–Crippen LogP) is 2.02. The molecule has 0 aliphatic rings. The van der Waals surface area contributed by atoms with Crippen molar-refractivity contribution >= 4 is 11.6 Å². The van der Waals surface area contributed by atoms with Crippen LogP contribution in [0.4, 0.5) is 0 Å². The fourth-order valence-corrected chi connectivity index (χ4v) is 2.64. The molecular weight excluding hydrogens is 310 g/mol. The molecular formula is C16H19N5O3. The molecule has 126 valence electrons. The molecule has 0 saturated heterocycles. The van der Waals surface area contributed by atoms with Crippen molar-refractivity contribution in [2.24, 2.45) is 0 Å². The van der Waals surface area contributed by atoms with Crippen molar-refractivity contribution in [1.29, 1.82) is 0 Å². The molecule has 0 aromatic carbocycles. The molecule has 3 heterocycles. The molecule has 0 N–H and O–H groups in total. The van der Waals surface area contributed by atoms with Crippen LogP contribution in [0, 0.1) is 27.7 Å². The van der Waals surface area contributed by atoms with Crippen LogP contribution in [0.3, 0.4) is 0 Å². The van der Waals surface area contributed by atoms with Gasteiger partial charge in [0.15, 0.2) is 18.1 Å². The first-order valence-corrected chi connectivity index (χ1v) is 7.71. The number of rotatable bonds is 5. The van der Waals surface area contributed by atoms with Gasteiger partial charge < -0.3 is 9.26 Å². The minimum atomic E-state index is -0.318. The molecule has 0 amide bonds. The monoisotopic (exact) mass is 329 g/mol. The highest BCUT2D eigenvalue weighted by molar-refractivity contribution is 5.69. The second kappa shape index (κ2) is 6.38. The van der Waals surface area contributed by atoms with Crippen molar-refractivity contribution in [3.8, 4) is 0 Å². The first-order chi connectivity index (χ1) is 11.4. The molecule has 0 bridgehead atoms. The number of carbonyl (C=O) groups is 1. The van der Waals surface area contributed by atoms with Crippen LogP contribution >= 0.6 is 0 Å². The number of aromatic nitrogens is 5. The highest BCUT2D eigenvalue weighted by Crippen LogP contribution is 2.17. The summed E-state index contributed by atoms with van der Waals surface area (Å²) in [4.78, 5) is 20.5. The molecule has 0 unspecified atom stereocenters. The van der Waals surface area contributed by atoms with Crippen molar-refractivity contribution in [1.82, 2.24) is 24.7 Å². The van der Waals surface area contributed by atoms with Gasteiger partial charge >= 0.3 is 5.97 Å². The molecule has 3 aromatic heterocycles. The van der Waals surface area contributed by atoms with Crippen LogP contribution in [0.2, 0.25) is 0 Å². The Kier molecular flexibility index (Phi) is 4.28. The van der Waals surface area contributed by atoms with Gasteiger partial charge in [0.05, 0.1) is 5.69 Å². The summed E-state index contributed by atoms with van der Waals surface area (Å²) in [5, 5.41) is 8.08. The zero-order valence-corrected chi connectivity index (χ0v) is 14.2. The molecule has 0 aliphatic carbocycles. The molecule has 8 nitrogen and oxygen atoms in total. The lowest BCUT2D eigenvalue weighted by molar-refractivity contribution is -0.145. The molecule has 0 fully saturated rings. The minimum Gasteiger partial charge on any atom is -0.456 e. The third-order valence-corrected chi connectivity index (χ3v) is 3.79. The van der Waals surface area contributed by atoms with E-state index in [0.717, 1.165) is 28.3 Å². The van der Waals surface area contributed by atoms with Gasteiger partial charge in [-0.2, -0.15) is 10.1 Å². The van der Waals surface area contributed by atoms with Crippen molar-refractivity contribution in [3.63, 3.8) is 0 Å². The van der Waals surface area contributed by atoms with E-state index in [1.807, 2.05) is 31.4 Å². The Bertz CT molecular complexity index is 897. The molecule has 0 saturated carbocycles. The lowest BCUT2D eigenvalue weighted by Crippen LogP contribution is -2.10. The van der Waals surface area contributed by atoms with Gasteiger partial charge in [-0.05, 0) is 39.7 Å². The second-order valence-electron chi connectivity index (χ2n) is 5.71. The second-order valence-corrected chi connectivity index (χ2v) is 5.71. The lowest BCUT2D eigenvalue weighted by atomic mass is 10.1. The van der Waals surface area contributed by atoms with Crippen LogP contribution in [0.5, 0.6) is 0 Å². The number of esters is 1. The Morgan fingerprint density at radius 1 is 1.25 bits per heavy atom. The number of nitrogens with zero attached hydrogens (tertiary/aromatic N) is 5. The topological polar surface area (TPSA) is 95.4 Å². The molecule has 8 heteroatoms. The van der Waals surface area contributed by atoms with E-state index in [1.165, 1.54) is 0 Å². The Hall–Kier alpha value is -2.77. The number of ether oxygens (including phenoxy) is 1. The predicted molar refractivity (Wildman–Crippen MR) is 84.4 cm³/mol. The highest BCUT2D eigenvalue weighted by Gasteiger charge is 2.14. The Morgan fingerprint density at radius 2 is 2.04 bits per heavy atom. The van der Waals surface area contributed by atoms with Crippen molar-refractivity contribution in [2.75, 3.05) is 0 Å². The van der Waals surface area contributed by atoms with Gasteiger partial charge in [0.25, 0.3) is 5.89 Å². The van der Waals surface area contributed by atoms with E-state index in [-0.39, 0.29) is 19.0 Å². The van der Waals surface area contributed by atoms with Crippen LogP contribution in [-0.4, -0.2) is 30.7 Å². The molecule has 0 spiro atoms. The molecule has 3 rings (SSSR count). The first kappa shape index (κ1) is 16.1. The first-order valence-electron chi connectivity index (χ1n) is 7.71. The average Bonchev–Trinajstić information content (AvgIpc) is 3.10. The maximum absolute atomic E-state index is 11.9. The van der Waals surface area contributed by atoms with Gasteiger partial charge in [-0.25, -0.2) is 9.50 Å². The quantitative estimate of drug-likeness (QED) is 0.661. The molecule has 0 aliphatic heterocycles. The zero-order valence-electron chi connectivity index (χ0n) is 14.2. The van der Waals surface area contributed by atoms with Gasteiger partial charge in [-0.15, -0.1) is 0 Å². The van der Waals surface area contributed by atoms with E-state index in [4.69, 9.17) is 9.26 Å². The molecule has 0 radical (unpaired) electrons. The van der Waals surface area contributed by atoms with E-state index >= 15 is 0 Å². The van der Waals surface area contributed by atoms with Crippen LogP contribution in [0.15, 0.2) is 10.6 Å². The number of fused-ring (bicyclic) bond motifs is 1. The largest absolute Gasteiger partial charge is 0.456 e. The smallest absolute Gasteiger partial charge is 0.306 e. The fourth-order valence-electron chi connectivity index (χ4n) is 2.64. The summed E-state index contributed by atoms with van der Waals surface area (Å²) in [5.41, 5.74) is 4.64. The summed E-state index contributed by atoms with van der Waals surface area (Å²) in [6, 6.07) is 1.93. The van der Waals surface area contributed by atoms with Gasteiger partial charge in [-0.3, -0.25) is 4.79 Å². The van der Waals surface area contributed by atoms with Crippen LogP contribution < -0.4 is 0 Å². The molecule has 0 atom stereocenters. The number of hydrogen-bond acceptors (Lipinski definition) is 7. The van der Waals surface area contributed by atoms with Crippen LogP contribution in [0.1, 0.15) is 40.8 Å². The van der Waals surface area contributed by atoms with E-state index in [9.17, 15) is 4.79 Å². The number of aryl methyl sites for hydroxylation is 4. The van der Waals surface area contributed by atoms with Crippen LogP contribution in [-0.2, 0) is 22.6 Å². The third kappa shape index (κ3) is 3.27. The lowest BCUT2D eigenvalue weighted by Gasteiger charge is -2.10. The third-order valence-electron chi connectivity index (χ3n) is 3.79. The van der Waals surface area contributed by atoms with Crippen molar-refractivity contribution in [3.05, 3.63) is 40.4 Å². The van der Waals surface area contributed by atoms with Gasteiger partial charge in [-0.1, -0.05) is 5.16 Å². The maximum atomic E-state index is 11.9. The number of hydrogen-bond donors (Lipinski definition) is 0. The van der Waals surface area contributed by atoms with Gasteiger partial charge in [0.1, 0.15) is 0 Å². The minimum absolute atomic E-state index is 0.00667. The maximum Gasteiger partial charge on any atom is 0.306 e. The van der Waals surface area contributed by atoms with Gasteiger partial charge in [0, 0.05) is 23.9 Å². The van der Waals surface area contributed by atoms with E-state index in [1.54, 1.807) is 6.92 Å². The number of carbonyl (C=O) groups excluding carboxylic acids is 1. The Balaban J connectivity index is 1.65. The Morgan fingerprint density at radius 3 is 2.75 bits per heavy atom. The van der Waals surface area contributed by atoms with Crippen LogP contribution in [0.25, 0.3) is 5.65 Å². The normalized spacial score (nSPS) is 11.2. The molecule has 3 aromatic rings. The molecule has 24 heavy (non-hydrogen) atoms. The van der Waals surface area contributed by atoms with E-state index < -0.39 is 0 Å². The standard InChI is InChI=1S/C16H19N5O3/c1-9-7-14-17-10(2)13(11(3)21(14)19-9)5-6-16(22)23-8-15-18-12(4)20-24-15/h7H,5-6,8H2,1-4H3. The fraction of sp³-hybridized carbons (Fsp3) is 0.438.